The second kappa shape index (κ2) is 10.1. The summed E-state index contributed by atoms with van der Waals surface area (Å²) in [5.41, 5.74) is 2.95. The molecule has 0 unspecified atom stereocenters. The zero-order valence-electron chi connectivity index (χ0n) is 17.8. The van der Waals surface area contributed by atoms with E-state index in [0.717, 1.165) is 16.1 Å². The van der Waals surface area contributed by atoms with Gasteiger partial charge in [0.15, 0.2) is 0 Å². The minimum Gasteiger partial charge on any atom is -0.334 e. The molecule has 4 rings (SSSR count). The van der Waals surface area contributed by atoms with E-state index < -0.39 is 4.92 Å². The van der Waals surface area contributed by atoms with Crippen LogP contribution >= 0.6 is 11.3 Å². The van der Waals surface area contributed by atoms with Crippen LogP contribution in [0.25, 0.3) is 16.9 Å². The Hall–Kier alpha value is -4.04. The van der Waals surface area contributed by atoms with Gasteiger partial charge in [0, 0.05) is 40.9 Å². The van der Waals surface area contributed by atoms with E-state index >= 15 is 0 Å². The largest absolute Gasteiger partial charge is 0.334 e. The molecule has 0 spiro atoms. The maximum atomic E-state index is 13.3. The summed E-state index contributed by atoms with van der Waals surface area (Å²) < 4.78 is 1.73. The first-order valence-corrected chi connectivity index (χ1v) is 11.2. The summed E-state index contributed by atoms with van der Waals surface area (Å²) in [5, 5.41) is 17.8. The van der Waals surface area contributed by atoms with Crippen LogP contribution in [0.1, 0.15) is 10.4 Å². The van der Waals surface area contributed by atoms with E-state index in [4.69, 9.17) is 5.10 Å². The quantitative estimate of drug-likeness (QED) is 0.194. The number of benzene rings is 2. The number of para-hydroxylation sites is 1. The zero-order chi connectivity index (χ0) is 23.2. The lowest BCUT2D eigenvalue weighted by atomic mass is 10.0. The van der Waals surface area contributed by atoms with E-state index in [-0.39, 0.29) is 18.0 Å². The van der Waals surface area contributed by atoms with E-state index in [2.05, 4.69) is 6.58 Å². The lowest BCUT2D eigenvalue weighted by molar-refractivity contribution is -0.384. The SMILES string of the molecule is C=CCN(Cc1cccs1)C(=O)Cc1cn(-c2ccccc2)nc1-c1ccc([N+](=O)[O-])cc1. The molecule has 166 valence electrons. The number of hydrogen-bond donors (Lipinski definition) is 0. The van der Waals surface area contributed by atoms with Crippen molar-refractivity contribution >= 4 is 22.9 Å². The van der Waals surface area contributed by atoms with E-state index in [1.807, 2.05) is 54.0 Å². The lowest BCUT2D eigenvalue weighted by Gasteiger charge is -2.20. The molecule has 0 fully saturated rings. The Bertz CT molecular complexity index is 1250. The number of carbonyl (C=O) groups is 1. The molecule has 7 nitrogen and oxygen atoms in total. The highest BCUT2D eigenvalue weighted by Gasteiger charge is 2.20. The minimum atomic E-state index is -0.436. The Morgan fingerprint density at radius 2 is 1.88 bits per heavy atom. The van der Waals surface area contributed by atoms with Crippen molar-refractivity contribution < 1.29 is 9.72 Å². The Balaban J connectivity index is 1.67. The van der Waals surface area contributed by atoms with Crippen LogP contribution in [0.3, 0.4) is 0 Å². The molecule has 2 aromatic carbocycles. The summed E-state index contributed by atoms with van der Waals surface area (Å²) >= 11 is 1.61. The van der Waals surface area contributed by atoms with E-state index in [0.29, 0.717) is 24.3 Å². The number of amides is 1. The number of nitrogens with zero attached hydrogens (tertiary/aromatic N) is 4. The highest BCUT2D eigenvalue weighted by atomic mass is 32.1. The first-order valence-electron chi connectivity index (χ1n) is 10.3. The second-order valence-corrected chi connectivity index (χ2v) is 8.44. The molecule has 0 saturated heterocycles. The standard InChI is InChI=1S/C25H22N4O3S/c1-2-14-27(18-23-9-6-15-33-23)24(30)16-20-17-28(21-7-4-3-5-8-21)26-25(20)19-10-12-22(13-11-19)29(31)32/h2-13,15,17H,1,14,16,18H2. The van der Waals surface area contributed by atoms with E-state index in [1.165, 1.54) is 12.1 Å². The topological polar surface area (TPSA) is 81.3 Å². The molecule has 0 saturated carbocycles. The van der Waals surface area contributed by atoms with Crippen molar-refractivity contribution in [3.8, 4) is 16.9 Å². The van der Waals surface area contributed by atoms with Crippen molar-refractivity contribution in [2.45, 2.75) is 13.0 Å². The molecule has 0 aliphatic carbocycles. The highest BCUT2D eigenvalue weighted by molar-refractivity contribution is 7.09. The maximum Gasteiger partial charge on any atom is 0.269 e. The average molecular weight is 459 g/mol. The molecule has 4 aromatic rings. The number of aromatic nitrogens is 2. The van der Waals surface area contributed by atoms with Gasteiger partial charge in [-0.15, -0.1) is 17.9 Å². The van der Waals surface area contributed by atoms with Gasteiger partial charge in [-0.05, 0) is 35.7 Å². The molecule has 2 aromatic heterocycles. The maximum absolute atomic E-state index is 13.3. The summed E-state index contributed by atoms with van der Waals surface area (Å²) in [6.07, 6.45) is 3.72. The van der Waals surface area contributed by atoms with Gasteiger partial charge in [-0.25, -0.2) is 4.68 Å². The van der Waals surface area contributed by atoms with Crippen molar-refractivity contribution in [1.29, 1.82) is 0 Å². The minimum absolute atomic E-state index is 0.00646. The van der Waals surface area contributed by atoms with Gasteiger partial charge < -0.3 is 4.90 Å². The molecule has 0 aliphatic rings. The average Bonchev–Trinajstić information content (AvgIpc) is 3.49. The fraction of sp³-hybridized carbons (Fsp3) is 0.120. The summed E-state index contributed by atoms with van der Waals surface area (Å²) in [6.45, 7) is 4.75. The van der Waals surface area contributed by atoms with Gasteiger partial charge in [0.05, 0.1) is 29.3 Å². The van der Waals surface area contributed by atoms with Crippen LogP contribution in [-0.4, -0.2) is 32.1 Å². The number of nitro groups is 1. The van der Waals surface area contributed by atoms with Crippen molar-refractivity contribution in [2.24, 2.45) is 0 Å². The Labute approximate surface area is 195 Å². The summed E-state index contributed by atoms with van der Waals surface area (Å²) in [6, 6.07) is 19.8. The van der Waals surface area contributed by atoms with E-state index in [1.54, 1.807) is 39.1 Å². The number of non-ortho nitro benzene ring substituents is 1. The van der Waals surface area contributed by atoms with Gasteiger partial charge in [0.2, 0.25) is 5.91 Å². The molecule has 2 heterocycles. The van der Waals surface area contributed by atoms with Crippen LogP contribution in [0.2, 0.25) is 0 Å². The van der Waals surface area contributed by atoms with Crippen LogP contribution in [0, 0.1) is 10.1 Å². The van der Waals surface area contributed by atoms with Crippen LogP contribution in [-0.2, 0) is 17.8 Å². The summed E-state index contributed by atoms with van der Waals surface area (Å²) in [5.74, 6) is -0.0425. The molecule has 0 atom stereocenters. The van der Waals surface area contributed by atoms with Crippen molar-refractivity contribution in [2.75, 3.05) is 6.54 Å². The van der Waals surface area contributed by atoms with Crippen LogP contribution < -0.4 is 0 Å². The van der Waals surface area contributed by atoms with Crippen molar-refractivity contribution in [3.05, 3.63) is 112 Å². The van der Waals surface area contributed by atoms with Crippen LogP contribution in [0.5, 0.6) is 0 Å². The van der Waals surface area contributed by atoms with Crippen LogP contribution in [0.4, 0.5) is 5.69 Å². The number of rotatable bonds is 9. The molecule has 0 aliphatic heterocycles. The predicted octanol–water partition coefficient (Wildman–Crippen LogP) is 5.27. The highest BCUT2D eigenvalue weighted by Crippen LogP contribution is 2.27. The van der Waals surface area contributed by atoms with Gasteiger partial charge in [-0.2, -0.15) is 5.10 Å². The molecule has 0 bridgehead atoms. The Kier molecular flexibility index (Phi) is 6.75. The molecular formula is C25H22N4O3S. The van der Waals surface area contributed by atoms with Crippen molar-refractivity contribution in [1.82, 2.24) is 14.7 Å². The van der Waals surface area contributed by atoms with Gasteiger partial charge >= 0.3 is 0 Å². The molecule has 1 amide bonds. The third-order valence-electron chi connectivity index (χ3n) is 5.13. The number of nitro benzene ring substituents is 1. The predicted molar refractivity (Wildman–Crippen MR) is 129 cm³/mol. The van der Waals surface area contributed by atoms with E-state index in [9.17, 15) is 14.9 Å². The first-order chi connectivity index (χ1) is 16.0. The monoisotopic (exact) mass is 458 g/mol. The molecule has 0 radical (unpaired) electrons. The smallest absolute Gasteiger partial charge is 0.269 e. The molecule has 0 N–H and O–H groups in total. The first kappa shape index (κ1) is 22.2. The van der Waals surface area contributed by atoms with Gasteiger partial charge in [0.25, 0.3) is 5.69 Å². The zero-order valence-corrected chi connectivity index (χ0v) is 18.6. The van der Waals surface area contributed by atoms with Gasteiger partial charge in [-0.1, -0.05) is 30.3 Å². The second-order valence-electron chi connectivity index (χ2n) is 7.41. The number of carbonyl (C=O) groups excluding carboxylic acids is 1. The van der Waals surface area contributed by atoms with Crippen molar-refractivity contribution in [3.63, 3.8) is 0 Å². The third kappa shape index (κ3) is 5.24. The Morgan fingerprint density at radius 1 is 1.12 bits per heavy atom. The Morgan fingerprint density at radius 3 is 2.52 bits per heavy atom. The third-order valence-corrected chi connectivity index (χ3v) is 5.99. The van der Waals surface area contributed by atoms with Crippen LogP contribution in [0.15, 0.2) is 91.0 Å². The normalized spacial score (nSPS) is 10.7. The summed E-state index contributed by atoms with van der Waals surface area (Å²) in [7, 11) is 0. The molecular weight excluding hydrogens is 436 g/mol. The molecule has 33 heavy (non-hydrogen) atoms. The lowest BCUT2D eigenvalue weighted by Crippen LogP contribution is -2.31. The number of thiophene rings is 1. The number of hydrogen-bond acceptors (Lipinski definition) is 5. The molecule has 8 heteroatoms. The summed E-state index contributed by atoms with van der Waals surface area (Å²) in [4.78, 5) is 26.7. The van der Waals surface area contributed by atoms with Gasteiger partial charge in [-0.3, -0.25) is 14.9 Å². The fourth-order valence-electron chi connectivity index (χ4n) is 3.51. The fourth-order valence-corrected chi connectivity index (χ4v) is 4.23. The van der Waals surface area contributed by atoms with Gasteiger partial charge in [0.1, 0.15) is 0 Å².